The molecule has 0 radical (unpaired) electrons. The molecular weight excluding hydrogens is 612 g/mol. The Balaban J connectivity index is 1.02. The number of fused-ring (bicyclic) bond motifs is 1. The van der Waals surface area contributed by atoms with Crippen LogP contribution in [0, 0.1) is 0 Å². The van der Waals surface area contributed by atoms with Gasteiger partial charge in [-0.05, 0) is 83.0 Å². The second-order valence-corrected chi connectivity index (χ2v) is 12.0. The Hall–Kier alpha value is -5.63. The number of carbonyl (C=O) groups excluding carboxylic acids is 2. The van der Waals surface area contributed by atoms with Gasteiger partial charge in [-0.25, -0.2) is 4.98 Å². The third-order valence-corrected chi connectivity index (χ3v) is 8.39. The van der Waals surface area contributed by atoms with Crippen LogP contribution in [0.25, 0.3) is 28.3 Å². The number of amides is 2. The predicted molar refractivity (Wildman–Crippen MR) is 197 cm³/mol. The van der Waals surface area contributed by atoms with Gasteiger partial charge in [0.2, 0.25) is 11.8 Å². The van der Waals surface area contributed by atoms with Gasteiger partial charge in [0.15, 0.2) is 0 Å². The van der Waals surface area contributed by atoms with Crippen LogP contribution in [-0.2, 0) is 16.0 Å². The van der Waals surface area contributed by atoms with Gasteiger partial charge in [-0.15, -0.1) is 0 Å². The van der Waals surface area contributed by atoms with Crippen LogP contribution in [-0.4, -0.2) is 45.1 Å². The van der Waals surface area contributed by atoms with E-state index in [1.54, 1.807) is 36.4 Å². The first-order valence-corrected chi connectivity index (χ1v) is 17.0. The number of unbranched alkanes of at least 4 members (excludes halogenated alkanes) is 3. The van der Waals surface area contributed by atoms with Crippen molar-refractivity contribution in [1.29, 1.82) is 0 Å². The Morgan fingerprint density at radius 1 is 0.755 bits per heavy atom. The summed E-state index contributed by atoms with van der Waals surface area (Å²) in [5.41, 5.74) is 8.06. The fourth-order valence-corrected chi connectivity index (χ4v) is 5.83. The molecule has 0 atom stereocenters. The lowest BCUT2D eigenvalue weighted by atomic mass is 9.88. The van der Waals surface area contributed by atoms with Gasteiger partial charge in [0.1, 0.15) is 17.3 Å². The van der Waals surface area contributed by atoms with Crippen molar-refractivity contribution in [3.05, 3.63) is 131 Å². The Kier molecular flexibility index (Phi) is 12.4. The number of aromatic amines is 1. The molecule has 0 saturated heterocycles. The fraction of sp³-hybridized carbons (Fsp3) is 0.244. The zero-order valence-electron chi connectivity index (χ0n) is 27.9. The van der Waals surface area contributed by atoms with Crippen LogP contribution in [0.15, 0.2) is 103 Å². The molecule has 0 saturated carbocycles. The number of carbonyl (C=O) groups is 2. The van der Waals surface area contributed by atoms with E-state index in [1.807, 2.05) is 48.5 Å². The lowest BCUT2D eigenvalue weighted by Gasteiger charge is -2.16. The average Bonchev–Trinajstić information content (AvgIpc) is 3.53. The largest absolute Gasteiger partial charge is 0.508 e. The molecule has 4 aromatic carbocycles. The van der Waals surface area contributed by atoms with E-state index in [0.717, 1.165) is 76.8 Å². The van der Waals surface area contributed by atoms with Gasteiger partial charge in [-0.2, -0.15) is 0 Å². The van der Waals surface area contributed by atoms with Crippen LogP contribution in [0.4, 0.5) is 0 Å². The first-order chi connectivity index (χ1) is 23.9. The molecule has 0 fully saturated rings. The summed E-state index contributed by atoms with van der Waals surface area (Å²) < 4.78 is 0. The summed E-state index contributed by atoms with van der Waals surface area (Å²) >= 11 is 0. The van der Waals surface area contributed by atoms with Crippen LogP contribution in [0.5, 0.6) is 11.5 Å². The number of H-pyrrole nitrogens is 1. The zero-order chi connectivity index (χ0) is 34.4. The molecule has 5 N–H and O–H groups in total. The monoisotopic (exact) mass is 656 g/mol. The topological polar surface area (TPSA) is 127 Å². The number of imidazole rings is 1. The molecule has 8 heteroatoms. The van der Waals surface area contributed by atoms with Crippen LogP contribution in [0.2, 0.25) is 0 Å². The lowest BCUT2D eigenvalue weighted by Crippen LogP contribution is -2.25. The molecule has 8 nitrogen and oxygen atoms in total. The third-order valence-electron chi connectivity index (χ3n) is 8.39. The fourth-order valence-electron chi connectivity index (χ4n) is 5.83. The van der Waals surface area contributed by atoms with Crippen molar-refractivity contribution < 1.29 is 19.8 Å². The van der Waals surface area contributed by atoms with Gasteiger partial charge in [-0.1, -0.05) is 86.5 Å². The van der Waals surface area contributed by atoms with Gasteiger partial charge in [0, 0.05) is 38.1 Å². The first-order valence-electron chi connectivity index (χ1n) is 17.0. The average molecular weight is 657 g/mol. The number of aromatic hydroxyl groups is 2. The molecule has 252 valence electrons. The minimum Gasteiger partial charge on any atom is -0.508 e. The Labute approximate surface area is 287 Å². The van der Waals surface area contributed by atoms with Crippen molar-refractivity contribution in [3.8, 4) is 11.5 Å². The molecule has 0 bridgehead atoms. The second-order valence-electron chi connectivity index (χ2n) is 12.0. The number of rotatable bonds is 16. The summed E-state index contributed by atoms with van der Waals surface area (Å²) in [6.07, 6.45) is 8.78. The quantitative estimate of drug-likeness (QED) is 0.0421. The van der Waals surface area contributed by atoms with Crippen LogP contribution >= 0.6 is 0 Å². The van der Waals surface area contributed by atoms with E-state index < -0.39 is 0 Å². The van der Waals surface area contributed by atoms with Crippen LogP contribution < -0.4 is 10.6 Å². The zero-order valence-corrected chi connectivity index (χ0v) is 27.9. The highest BCUT2D eigenvalue weighted by molar-refractivity contribution is 5.99. The number of allylic oxidation sites excluding steroid dienone is 1. The summed E-state index contributed by atoms with van der Waals surface area (Å²) in [5.74, 6) is 1.00. The van der Waals surface area contributed by atoms with Crippen molar-refractivity contribution in [3.63, 3.8) is 0 Å². The van der Waals surface area contributed by atoms with E-state index in [1.165, 1.54) is 5.57 Å². The van der Waals surface area contributed by atoms with E-state index in [9.17, 15) is 19.8 Å². The standard InChI is InChI=1S/C41H44N4O4/c1-2-35(30-10-6-5-7-11-30)41(32-17-19-33(46)20-18-32)31-15-12-29(13-16-31)14-24-39(48)42-26-8-3-4-9-27-43-40(49)25-23-38-44-36-22-21-34(47)28-37(36)45-38/h5-7,10-22,24,28,46-47H,2-4,8-9,23,25-27H2,1H3,(H,42,48)(H,43,49)(H,44,45)/b24-14+,41-35?. The highest BCUT2D eigenvalue weighted by Gasteiger charge is 2.13. The van der Waals surface area contributed by atoms with Crippen molar-refractivity contribution in [1.82, 2.24) is 20.6 Å². The molecule has 0 aliphatic heterocycles. The van der Waals surface area contributed by atoms with E-state index in [2.05, 4.69) is 51.8 Å². The highest BCUT2D eigenvalue weighted by atomic mass is 16.3. The SMILES string of the molecule is CCC(=C(c1ccc(O)cc1)c1ccc(/C=C/C(=O)NCCCCCCNC(=O)CCc2nc3ccc(O)cc3[nH]2)cc1)c1ccccc1. The Bertz CT molecular complexity index is 1890. The van der Waals surface area contributed by atoms with E-state index in [0.29, 0.717) is 25.9 Å². The van der Waals surface area contributed by atoms with Crippen molar-refractivity contribution in [2.24, 2.45) is 0 Å². The maximum absolute atomic E-state index is 12.4. The Morgan fingerprint density at radius 3 is 2.10 bits per heavy atom. The van der Waals surface area contributed by atoms with Gasteiger partial charge in [-0.3, -0.25) is 9.59 Å². The van der Waals surface area contributed by atoms with E-state index >= 15 is 0 Å². The molecule has 2 amide bonds. The van der Waals surface area contributed by atoms with Crippen molar-refractivity contribution in [2.75, 3.05) is 13.1 Å². The van der Waals surface area contributed by atoms with Crippen molar-refractivity contribution >= 4 is 40.1 Å². The minimum absolute atomic E-state index is 0.0101. The Morgan fingerprint density at radius 2 is 1.41 bits per heavy atom. The maximum atomic E-state index is 12.4. The smallest absolute Gasteiger partial charge is 0.243 e. The van der Waals surface area contributed by atoms with Crippen molar-refractivity contribution in [2.45, 2.75) is 51.9 Å². The van der Waals surface area contributed by atoms with Gasteiger partial charge >= 0.3 is 0 Å². The molecule has 1 aromatic heterocycles. The summed E-state index contributed by atoms with van der Waals surface area (Å²) in [6, 6.07) is 30.8. The number of hydrogen-bond donors (Lipinski definition) is 5. The molecule has 0 aliphatic carbocycles. The third kappa shape index (κ3) is 10.2. The minimum atomic E-state index is -0.125. The van der Waals surface area contributed by atoms with Gasteiger partial charge < -0.3 is 25.8 Å². The molecule has 0 spiro atoms. The van der Waals surface area contributed by atoms with E-state index in [-0.39, 0.29) is 23.3 Å². The molecule has 1 heterocycles. The second kappa shape index (κ2) is 17.5. The van der Waals surface area contributed by atoms with Gasteiger partial charge in [0.05, 0.1) is 11.0 Å². The molecule has 0 unspecified atom stereocenters. The predicted octanol–water partition coefficient (Wildman–Crippen LogP) is 7.78. The summed E-state index contributed by atoms with van der Waals surface area (Å²) in [5, 5.41) is 25.4. The molecule has 49 heavy (non-hydrogen) atoms. The number of aryl methyl sites for hydroxylation is 1. The van der Waals surface area contributed by atoms with Gasteiger partial charge in [0.25, 0.3) is 0 Å². The molecule has 5 rings (SSSR count). The highest BCUT2D eigenvalue weighted by Crippen LogP contribution is 2.35. The number of aromatic nitrogens is 2. The number of benzene rings is 4. The molecule has 5 aromatic rings. The summed E-state index contributed by atoms with van der Waals surface area (Å²) in [6.45, 7) is 3.38. The number of nitrogens with zero attached hydrogens (tertiary/aromatic N) is 1. The summed E-state index contributed by atoms with van der Waals surface area (Å²) in [4.78, 5) is 32.2. The molecular formula is C41H44N4O4. The number of nitrogens with one attached hydrogen (secondary N) is 3. The molecule has 0 aliphatic rings. The van der Waals surface area contributed by atoms with Crippen LogP contribution in [0.1, 0.15) is 73.5 Å². The van der Waals surface area contributed by atoms with E-state index in [4.69, 9.17) is 0 Å². The first kappa shape index (κ1) is 34.7. The maximum Gasteiger partial charge on any atom is 0.243 e. The number of phenolic OH excluding ortho intramolecular Hbond substituents is 2. The number of phenols is 2. The number of hydrogen-bond acceptors (Lipinski definition) is 5. The normalized spacial score (nSPS) is 11.9. The summed E-state index contributed by atoms with van der Waals surface area (Å²) in [7, 11) is 0. The van der Waals surface area contributed by atoms with Crippen LogP contribution in [0.3, 0.4) is 0 Å². The lowest BCUT2D eigenvalue weighted by molar-refractivity contribution is -0.121.